The molecule has 0 heterocycles. The molecule has 0 unspecified atom stereocenters. The number of hydrogen-bond donors (Lipinski definition) is 1. The highest BCUT2D eigenvalue weighted by Crippen LogP contribution is 2.22. The summed E-state index contributed by atoms with van der Waals surface area (Å²) < 4.78 is 1.24. The van der Waals surface area contributed by atoms with Gasteiger partial charge in [0, 0.05) is 23.6 Å². The minimum absolute atomic E-state index is 0.777. The monoisotopic (exact) mass is 310 g/mol. The molecular formula is C15H23BrN2. The van der Waals surface area contributed by atoms with Gasteiger partial charge in [0.1, 0.15) is 0 Å². The normalized spacial score (nSPS) is 15.3. The van der Waals surface area contributed by atoms with E-state index in [0.717, 1.165) is 32.2 Å². The van der Waals surface area contributed by atoms with Gasteiger partial charge in [-0.2, -0.15) is 0 Å². The second-order valence-electron chi connectivity index (χ2n) is 5.04. The third-order valence-corrected chi connectivity index (χ3v) is 4.32. The van der Waals surface area contributed by atoms with Crippen molar-refractivity contribution in [2.24, 2.45) is 0 Å². The highest BCUT2D eigenvalue weighted by molar-refractivity contribution is 9.10. The smallest absolute Gasteiger partial charge is 0.0244 e. The fourth-order valence-electron chi connectivity index (χ4n) is 2.07. The van der Waals surface area contributed by atoms with E-state index in [1.807, 2.05) is 0 Å². The molecule has 0 spiro atoms. The average Bonchev–Trinajstić information content (AvgIpc) is 3.19. The third kappa shape index (κ3) is 4.08. The van der Waals surface area contributed by atoms with Crippen molar-refractivity contribution >= 4 is 15.9 Å². The van der Waals surface area contributed by atoms with E-state index in [4.69, 9.17) is 0 Å². The first-order valence-corrected chi connectivity index (χ1v) is 7.75. The maximum Gasteiger partial charge on any atom is 0.0244 e. The van der Waals surface area contributed by atoms with Gasteiger partial charge in [0.15, 0.2) is 0 Å². The van der Waals surface area contributed by atoms with Crippen molar-refractivity contribution < 1.29 is 0 Å². The van der Waals surface area contributed by atoms with E-state index in [9.17, 15) is 0 Å². The van der Waals surface area contributed by atoms with Crippen LogP contribution in [0.3, 0.4) is 0 Å². The van der Waals surface area contributed by atoms with Crippen LogP contribution in [0.25, 0.3) is 0 Å². The first-order valence-electron chi connectivity index (χ1n) is 6.96. The number of nitrogens with zero attached hydrogens (tertiary/aromatic N) is 1. The molecule has 0 amide bonds. The van der Waals surface area contributed by atoms with Crippen molar-refractivity contribution in [1.29, 1.82) is 0 Å². The molecule has 2 nitrogen and oxygen atoms in total. The van der Waals surface area contributed by atoms with Crippen molar-refractivity contribution in [2.45, 2.75) is 45.8 Å². The Hall–Kier alpha value is -0.380. The fraction of sp³-hybridized carbons (Fsp3) is 0.600. The van der Waals surface area contributed by atoms with Crippen molar-refractivity contribution in [3.05, 3.63) is 33.8 Å². The van der Waals surface area contributed by atoms with Crippen LogP contribution >= 0.6 is 15.9 Å². The SMILES string of the molecule is CCN(CC)Cc1ccc(CNC2CC2)cc1Br. The quantitative estimate of drug-likeness (QED) is 0.828. The summed E-state index contributed by atoms with van der Waals surface area (Å²) in [5.41, 5.74) is 2.76. The minimum Gasteiger partial charge on any atom is -0.310 e. The zero-order valence-electron chi connectivity index (χ0n) is 11.4. The van der Waals surface area contributed by atoms with E-state index < -0.39 is 0 Å². The van der Waals surface area contributed by atoms with Crippen LogP contribution in [0.5, 0.6) is 0 Å². The molecule has 0 atom stereocenters. The van der Waals surface area contributed by atoms with Gasteiger partial charge in [-0.1, -0.05) is 41.9 Å². The molecule has 100 valence electrons. The van der Waals surface area contributed by atoms with Crippen molar-refractivity contribution in [3.8, 4) is 0 Å². The van der Waals surface area contributed by atoms with Crippen LogP contribution in [-0.2, 0) is 13.1 Å². The lowest BCUT2D eigenvalue weighted by Gasteiger charge is -2.19. The average molecular weight is 311 g/mol. The fourth-order valence-corrected chi connectivity index (χ4v) is 2.62. The van der Waals surface area contributed by atoms with Gasteiger partial charge in [0.05, 0.1) is 0 Å². The number of rotatable bonds is 7. The molecule has 0 radical (unpaired) electrons. The summed E-state index contributed by atoms with van der Waals surface area (Å²) in [5.74, 6) is 0. The van der Waals surface area contributed by atoms with Gasteiger partial charge in [0.2, 0.25) is 0 Å². The summed E-state index contributed by atoms with van der Waals surface area (Å²) in [6, 6.07) is 7.54. The van der Waals surface area contributed by atoms with E-state index in [1.54, 1.807) is 0 Å². The van der Waals surface area contributed by atoms with Gasteiger partial charge >= 0.3 is 0 Å². The molecule has 3 heteroatoms. The van der Waals surface area contributed by atoms with Crippen molar-refractivity contribution in [2.75, 3.05) is 13.1 Å². The van der Waals surface area contributed by atoms with Crippen LogP contribution in [0.4, 0.5) is 0 Å². The zero-order chi connectivity index (χ0) is 13.0. The Morgan fingerprint density at radius 1 is 1.28 bits per heavy atom. The molecule has 1 aliphatic rings. The molecule has 1 N–H and O–H groups in total. The Bertz CT molecular complexity index is 384. The van der Waals surface area contributed by atoms with Crippen LogP contribution < -0.4 is 5.32 Å². The maximum absolute atomic E-state index is 3.70. The van der Waals surface area contributed by atoms with Crippen LogP contribution in [0.2, 0.25) is 0 Å². The summed E-state index contributed by atoms with van der Waals surface area (Å²) in [7, 11) is 0. The van der Waals surface area contributed by atoms with Gasteiger partial charge in [-0.15, -0.1) is 0 Å². The number of halogens is 1. The Kier molecular flexibility index (Phi) is 5.22. The van der Waals surface area contributed by atoms with Crippen molar-refractivity contribution in [1.82, 2.24) is 10.2 Å². The lowest BCUT2D eigenvalue weighted by atomic mass is 10.1. The van der Waals surface area contributed by atoms with E-state index in [1.165, 1.54) is 28.4 Å². The van der Waals surface area contributed by atoms with Crippen LogP contribution in [-0.4, -0.2) is 24.0 Å². The summed E-state index contributed by atoms with van der Waals surface area (Å²) in [4.78, 5) is 2.43. The molecule has 0 aliphatic heterocycles. The maximum atomic E-state index is 3.70. The third-order valence-electron chi connectivity index (χ3n) is 3.58. The molecule has 0 aromatic heterocycles. The lowest BCUT2D eigenvalue weighted by Crippen LogP contribution is -2.22. The number of nitrogens with one attached hydrogen (secondary N) is 1. The van der Waals surface area contributed by atoms with Crippen LogP contribution in [0.1, 0.15) is 37.8 Å². The lowest BCUT2D eigenvalue weighted by molar-refractivity contribution is 0.295. The topological polar surface area (TPSA) is 15.3 Å². The second-order valence-corrected chi connectivity index (χ2v) is 5.90. The zero-order valence-corrected chi connectivity index (χ0v) is 13.0. The molecule has 18 heavy (non-hydrogen) atoms. The first kappa shape index (κ1) is 14.0. The van der Waals surface area contributed by atoms with E-state index in [0.29, 0.717) is 0 Å². The van der Waals surface area contributed by atoms with E-state index >= 15 is 0 Å². The summed E-state index contributed by atoms with van der Waals surface area (Å²) in [6.45, 7) is 8.66. The first-order chi connectivity index (χ1) is 8.72. The number of hydrogen-bond acceptors (Lipinski definition) is 2. The highest BCUT2D eigenvalue weighted by atomic mass is 79.9. The Morgan fingerprint density at radius 3 is 2.56 bits per heavy atom. The van der Waals surface area contributed by atoms with E-state index in [-0.39, 0.29) is 0 Å². The molecule has 1 fully saturated rings. The molecule has 2 rings (SSSR count). The molecular weight excluding hydrogens is 288 g/mol. The van der Waals surface area contributed by atoms with Gasteiger partial charge in [0.25, 0.3) is 0 Å². The van der Waals surface area contributed by atoms with Crippen molar-refractivity contribution in [3.63, 3.8) is 0 Å². The predicted octanol–water partition coefficient (Wildman–Crippen LogP) is 3.54. The molecule has 1 saturated carbocycles. The van der Waals surface area contributed by atoms with Crippen LogP contribution in [0.15, 0.2) is 22.7 Å². The Balaban J connectivity index is 1.94. The largest absolute Gasteiger partial charge is 0.310 e. The molecule has 1 aliphatic carbocycles. The minimum atomic E-state index is 0.777. The molecule has 1 aromatic rings. The number of benzene rings is 1. The predicted molar refractivity (Wildman–Crippen MR) is 80.6 cm³/mol. The van der Waals surface area contributed by atoms with Gasteiger partial charge < -0.3 is 5.32 Å². The molecule has 1 aromatic carbocycles. The summed E-state index contributed by atoms with van der Waals surface area (Å²) >= 11 is 3.70. The van der Waals surface area contributed by atoms with E-state index in [2.05, 4.69) is 58.2 Å². The summed E-state index contributed by atoms with van der Waals surface area (Å²) in [6.07, 6.45) is 2.70. The molecule has 0 bridgehead atoms. The van der Waals surface area contributed by atoms with Crippen LogP contribution in [0, 0.1) is 0 Å². The van der Waals surface area contributed by atoms with Gasteiger partial charge in [-0.3, -0.25) is 4.90 Å². The Morgan fingerprint density at radius 2 is 2.00 bits per heavy atom. The van der Waals surface area contributed by atoms with Gasteiger partial charge in [-0.05, 0) is 43.1 Å². The summed E-state index contributed by atoms with van der Waals surface area (Å²) in [5, 5.41) is 3.55. The Labute approximate surface area is 119 Å². The molecule has 0 saturated heterocycles. The standard InChI is InChI=1S/C15H23BrN2/c1-3-18(4-2)11-13-6-5-12(9-15(13)16)10-17-14-7-8-14/h5-6,9,14,17H,3-4,7-8,10-11H2,1-2H3. The second kappa shape index (κ2) is 6.69. The highest BCUT2D eigenvalue weighted by Gasteiger charge is 2.19. The van der Waals surface area contributed by atoms with Gasteiger partial charge in [-0.25, -0.2) is 0 Å².